The first-order chi connectivity index (χ1) is 11.2. The van der Waals surface area contributed by atoms with E-state index in [2.05, 4.69) is 28.2 Å². The van der Waals surface area contributed by atoms with E-state index in [-0.39, 0.29) is 5.75 Å². The molecule has 4 nitrogen and oxygen atoms in total. The summed E-state index contributed by atoms with van der Waals surface area (Å²) in [5.74, 6) is 0.115. The van der Waals surface area contributed by atoms with Crippen LogP contribution in [0.2, 0.25) is 0 Å². The van der Waals surface area contributed by atoms with Gasteiger partial charge in [-0.25, -0.2) is 4.98 Å². The lowest BCUT2D eigenvalue weighted by Crippen LogP contribution is -1.74. The fourth-order valence-electron chi connectivity index (χ4n) is 2.50. The maximum absolute atomic E-state index is 10.1. The van der Waals surface area contributed by atoms with Crippen molar-refractivity contribution >= 4 is 43.1 Å². The van der Waals surface area contributed by atoms with Crippen LogP contribution in [0.1, 0.15) is 5.56 Å². The molecule has 3 aromatic carbocycles. The van der Waals surface area contributed by atoms with Crippen molar-refractivity contribution in [2.45, 2.75) is 6.92 Å². The Morgan fingerprint density at radius 2 is 1.87 bits per heavy atom. The van der Waals surface area contributed by atoms with Crippen LogP contribution in [-0.4, -0.2) is 10.1 Å². The third-order valence-electron chi connectivity index (χ3n) is 3.65. The Morgan fingerprint density at radius 3 is 2.78 bits per heavy atom. The molecule has 112 valence electrons. The number of nitrogens with zero attached hydrogens (tertiary/aromatic N) is 3. The summed E-state index contributed by atoms with van der Waals surface area (Å²) < 4.78 is 1.08. The van der Waals surface area contributed by atoms with Crippen LogP contribution in [0.5, 0.6) is 5.75 Å². The summed E-state index contributed by atoms with van der Waals surface area (Å²) in [5.41, 5.74) is 2.58. The molecular weight excluding hydrogens is 306 g/mol. The Kier molecular flexibility index (Phi) is 3.28. The molecule has 1 heterocycles. The second-order valence-corrected chi connectivity index (χ2v) is 6.33. The van der Waals surface area contributed by atoms with E-state index in [9.17, 15) is 5.11 Å². The van der Waals surface area contributed by atoms with Gasteiger partial charge >= 0.3 is 0 Å². The van der Waals surface area contributed by atoms with Crippen LogP contribution in [0.15, 0.2) is 64.8 Å². The molecule has 0 fully saturated rings. The van der Waals surface area contributed by atoms with E-state index in [1.807, 2.05) is 42.5 Å². The van der Waals surface area contributed by atoms with Crippen LogP contribution < -0.4 is 0 Å². The lowest BCUT2D eigenvalue weighted by atomic mass is 10.1. The van der Waals surface area contributed by atoms with Crippen molar-refractivity contribution in [3.63, 3.8) is 0 Å². The summed E-state index contributed by atoms with van der Waals surface area (Å²) in [6, 6.07) is 17.4. The highest BCUT2D eigenvalue weighted by molar-refractivity contribution is 7.21. The standard InChI is InChI=1S/C18H13N3OS/c1-11-6-8-14-16(10-11)23-18(19-14)21-20-17-13-5-3-2-4-12(13)7-9-15(17)22/h2-10,22H,1H3. The third kappa shape index (κ3) is 2.55. The second-order valence-electron chi connectivity index (χ2n) is 5.32. The molecule has 0 spiro atoms. The van der Waals surface area contributed by atoms with Crippen LogP contribution in [0.4, 0.5) is 10.8 Å². The molecule has 23 heavy (non-hydrogen) atoms. The molecule has 5 heteroatoms. The minimum absolute atomic E-state index is 0.115. The molecule has 4 aromatic rings. The Morgan fingerprint density at radius 1 is 1.00 bits per heavy atom. The van der Waals surface area contributed by atoms with Crippen molar-refractivity contribution in [3.05, 3.63) is 60.2 Å². The number of hydrogen-bond donors (Lipinski definition) is 1. The number of azo groups is 1. The maximum atomic E-state index is 10.1. The number of aromatic nitrogens is 1. The molecule has 0 saturated carbocycles. The summed E-state index contributed by atoms with van der Waals surface area (Å²) in [6.07, 6.45) is 0. The summed E-state index contributed by atoms with van der Waals surface area (Å²) >= 11 is 1.49. The van der Waals surface area contributed by atoms with E-state index < -0.39 is 0 Å². The van der Waals surface area contributed by atoms with Crippen molar-refractivity contribution in [3.8, 4) is 5.75 Å². The van der Waals surface area contributed by atoms with Gasteiger partial charge < -0.3 is 5.11 Å². The van der Waals surface area contributed by atoms with Gasteiger partial charge in [-0.3, -0.25) is 0 Å². The number of aryl methyl sites for hydroxylation is 1. The smallest absolute Gasteiger partial charge is 0.231 e. The number of phenols is 1. The van der Waals surface area contributed by atoms with Gasteiger partial charge in [0.1, 0.15) is 11.4 Å². The zero-order valence-electron chi connectivity index (χ0n) is 12.4. The van der Waals surface area contributed by atoms with Crippen LogP contribution in [0.25, 0.3) is 21.0 Å². The van der Waals surface area contributed by atoms with Crippen LogP contribution in [0.3, 0.4) is 0 Å². The molecule has 1 N–H and O–H groups in total. The molecule has 0 saturated heterocycles. The molecule has 0 aliphatic carbocycles. The molecule has 1 aromatic heterocycles. The number of rotatable bonds is 2. The van der Waals surface area contributed by atoms with Gasteiger partial charge in [0.2, 0.25) is 5.13 Å². The summed E-state index contributed by atoms with van der Waals surface area (Å²) in [4.78, 5) is 4.46. The van der Waals surface area contributed by atoms with E-state index >= 15 is 0 Å². The molecule has 0 aliphatic heterocycles. The number of fused-ring (bicyclic) bond motifs is 2. The Balaban J connectivity index is 1.79. The lowest BCUT2D eigenvalue weighted by molar-refractivity contribution is 0.477. The zero-order chi connectivity index (χ0) is 15.8. The van der Waals surface area contributed by atoms with Gasteiger partial charge in [-0.1, -0.05) is 47.7 Å². The Hall–Kier alpha value is -2.79. The maximum Gasteiger partial charge on any atom is 0.231 e. The summed E-state index contributed by atoms with van der Waals surface area (Å²) in [6.45, 7) is 2.05. The predicted octanol–water partition coefficient (Wildman–Crippen LogP) is 5.88. The first-order valence-electron chi connectivity index (χ1n) is 7.20. The van der Waals surface area contributed by atoms with Gasteiger partial charge in [-0.15, -0.1) is 10.2 Å². The number of phenolic OH excluding ortho intramolecular Hbond substituents is 1. The number of thiazole rings is 1. The number of aromatic hydroxyl groups is 1. The van der Waals surface area contributed by atoms with Crippen molar-refractivity contribution < 1.29 is 5.11 Å². The van der Waals surface area contributed by atoms with Crippen molar-refractivity contribution in [1.29, 1.82) is 0 Å². The molecule has 0 aliphatic rings. The van der Waals surface area contributed by atoms with E-state index in [0.29, 0.717) is 10.8 Å². The second kappa shape index (κ2) is 5.44. The fourth-order valence-corrected chi connectivity index (χ4v) is 3.39. The van der Waals surface area contributed by atoms with Gasteiger partial charge in [-0.2, -0.15) is 0 Å². The van der Waals surface area contributed by atoms with E-state index in [1.165, 1.54) is 16.9 Å². The highest BCUT2D eigenvalue weighted by atomic mass is 32.1. The normalized spacial score (nSPS) is 11.7. The lowest BCUT2D eigenvalue weighted by Gasteiger charge is -2.02. The van der Waals surface area contributed by atoms with E-state index in [1.54, 1.807) is 6.07 Å². The molecule has 4 rings (SSSR count). The minimum atomic E-state index is 0.115. The fraction of sp³-hybridized carbons (Fsp3) is 0.0556. The molecule has 0 atom stereocenters. The largest absolute Gasteiger partial charge is 0.506 e. The average Bonchev–Trinajstić information content (AvgIpc) is 2.96. The highest BCUT2D eigenvalue weighted by Crippen LogP contribution is 2.37. The van der Waals surface area contributed by atoms with Crippen LogP contribution >= 0.6 is 11.3 Å². The van der Waals surface area contributed by atoms with Crippen molar-refractivity contribution in [2.75, 3.05) is 0 Å². The molecule has 0 radical (unpaired) electrons. The average molecular weight is 319 g/mol. The first-order valence-corrected chi connectivity index (χ1v) is 8.02. The van der Waals surface area contributed by atoms with E-state index in [4.69, 9.17) is 0 Å². The highest BCUT2D eigenvalue weighted by Gasteiger charge is 2.07. The third-order valence-corrected chi connectivity index (χ3v) is 4.55. The first kappa shape index (κ1) is 13.8. The van der Waals surface area contributed by atoms with Gasteiger partial charge in [-0.05, 0) is 36.1 Å². The molecular formula is C18H13N3OS. The Bertz CT molecular complexity index is 1050. The topological polar surface area (TPSA) is 57.8 Å². The monoisotopic (exact) mass is 319 g/mol. The van der Waals surface area contributed by atoms with Crippen molar-refractivity contribution in [1.82, 2.24) is 4.98 Å². The van der Waals surface area contributed by atoms with Gasteiger partial charge in [0.05, 0.1) is 10.2 Å². The van der Waals surface area contributed by atoms with Crippen molar-refractivity contribution in [2.24, 2.45) is 10.2 Å². The Labute approximate surface area is 136 Å². The zero-order valence-corrected chi connectivity index (χ0v) is 13.2. The predicted molar refractivity (Wildman–Crippen MR) is 94.1 cm³/mol. The summed E-state index contributed by atoms with van der Waals surface area (Å²) in [5, 5.41) is 21.0. The van der Waals surface area contributed by atoms with Crippen LogP contribution in [-0.2, 0) is 0 Å². The van der Waals surface area contributed by atoms with Gasteiger partial charge in [0.15, 0.2) is 0 Å². The van der Waals surface area contributed by atoms with Gasteiger partial charge in [0, 0.05) is 5.39 Å². The quantitative estimate of drug-likeness (QED) is 0.469. The summed E-state index contributed by atoms with van der Waals surface area (Å²) in [7, 11) is 0. The minimum Gasteiger partial charge on any atom is -0.506 e. The SMILES string of the molecule is Cc1ccc2nc(N=Nc3c(O)ccc4ccccc34)sc2c1. The molecule has 0 unspecified atom stereocenters. The number of benzene rings is 3. The number of hydrogen-bond acceptors (Lipinski definition) is 5. The van der Waals surface area contributed by atoms with Crippen LogP contribution in [0, 0.1) is 6.92 Å². The van der Waals surface area contributed by atoms with E-state index in [0.717, 1.165) is 21.0 Å². The van der Waals surface area contributed by atoms with Gasteiger partial charge in [0.25, 0.3) is 0 Å². The molecule has 0 amide bonds. The molecule has 0 bridgehead atoms.